The lowest BCUT2D eigenvalue weighted by Crippen LogP contribution is -2.09. The van der Waals surface area contributed by atoms with Crippen molar-refractivity contribution in [3.63, 3.8) is 0 Å². The number of aromatic nitrogens is 5. The molecule has 0 aliphatic rings. The van der Waals surface area contributed by atoms with Crippen molar-refractivity contribution in [2.45, 2.75) is 20.0 Å². The van der Waals surface area contributed by atoms with E-state index in [0.717, 1.165) is 12.4 Å². The molecule has 0 bridgehead atoms. The van der Waals surface area contributed by atoms with Crippen LogP contribution in [0.25, 0.3) is 0 Å². The molecule has 2 N–H and O–H groups in total. The molecule has 2 aromatic heterocycles. The summed E-state index contributed by atoms with van der Waals surface area (Å²) in [5, 5.41) is 19.4. The third-order valence-corrected chi connectivity index (χ3v) is 2.33. The van der Waals surface area contributed by atoms with E-state index in [1.54, 1.807) is 6.33 Å². The average Bonchev–Trinajstić information content (AvgIpc) is 2.84. The fraction of sp³-hybridized carbons (Fsp3) is 0.300. The van der Waals surface area contributed by atoms with Crippen LogP contribution in [0.1, 0.15) is 23.2 Å². The Morgan fingerprint density at radius 2 is 2.28 bits per heavy atom. The van der Waals surface area contributed by atoms with E-state index < -0.39 is 5.97 Å². The Labute approximate surface area is 103 Å². The molecule has 2 aromatic rings. The van der Waals surface area contributed by atoms with Crippen LogP contribution in [0.15, 0.2) is 18.7 Å². The lowest BCUT2D eigenvalue weighted by Gasteiger charge is -2.05. The van der Waals surface area contributed by atoms with Gasteiger partial charge in [0.15, 0.2) is 11.5 Å². The molecule has 0 unspecified atom stereocenters. The van der Waals surface area contributed by atoms with Gasteiger partial charge in [0, 0.05) is 6.54 Å². The van der Waals surface area contributed by atoms with Crippen LogP contribution in [-0.4, -0.2) is 35.8 Å². The molecule has 0 atom stereocenters. The van der Waals surface area contributed by atoms with Gasteiger partial charge in [0.1, 0.15) is 12.1 Å². The number of hydrogen-bond acceptors (Lipinski definition) is 6. The van der Waals surface area contributed by atoms with Gasteiger partial charge in [0.05, 0.1) is 18.9 Å². The number of anilines is 1. The molecule has 2 heterocycles. The topological polar surface area (TPSA) is 106 Å². The van der Waals surface area contributed by atoms with Gasteiger partial charge >= 0.3 is 5.97 Å². The predicted molar refractivity (Wildman–Crippen MR) is 62.0 cm³/mol. The first-order chi connectivity index (χ1) is 8.70. The number of hydrogen-bond donors (Lipinski definition) is 2. The van der Waals surface area contributed by atoms with E-state index in [1.807, 2.05) is 11.5 Å². The number of nitrogens with zero attached hydrogens (tertiary/aromatic N) is 5. The van der Waals surface area contributed by atoms with Gasteiger partial charge in [-0.05, 0) is 6.92 Å². The summed E-state index contributed by atoms with van der Waals surface area (Å²) in [6.45, 7) is 3.23. The standard InChI is InChI=1S/C10H12N6O2/c1-2-16-6-14-15-9(16)5-13-8-4-11-7(3-12-8)10(17)18/h3-4,6H,2,5H2,1H3,(H,12,13)(H,17,18). The molecule has 0 spiro atoms. The molecule has 18 heavy (non-hydrogen) atoms. The van der Waals surface area contributed by atoms with Gasteiger partial charge in [0.2, 0.25) is 0 Å². The normalized spacial score (nSPS) is 10.3. The highest BCUT2D eigenvalue weighted by Crippen LogP contribution is 2.04. The SMILES string of the molecule is CCn1cnnc1CNc1cnc(C(=O)O)cn1. The van der Waals surface area contributed by atoms with Crippen molar-refractivity contribution >= 4 is 11.8 Å². The molecule has 0 aliphatic carbocycles. The molecule has 0 amide bonds. The summed E-state index contributed by atoms with van der Waals surface area (Å²) in [7, 11) is 0. The van der Waals surface area contributed by atoms with Crippen molar-refractivity contribution in [1.29, 1.82) is 0 Å². The van der Waals surface area contributed by atoms with E-state index in [1.165, 1.54) is 12.4 Å². The lowest BCUT2D eigenvalue weighted by molar-refractivity contribution is 0.0690. The number of rotatable bonds is 5. The molecule has 0 aliphatic heterocycles. The molecule has 0 saturated carbocycles. The maximum atomic E-state index is 10.6. The first-order valence-electron chi connectivity index (χ1n) is 5.36. The summed E-state index contributed by atoms with van der Waals surface area (Å²) in [5.41, 5.74) is -0.0859. The Bertz CT molecular complexity index is 536. The summed E-state index contributed by atoms with van der Waals surface area (Å²) in [5.74, 6) is 0.173. The van der Waals surface area contributed by atoms with Gasteiger partial charge in [-0.3, -0.25) is 0 Å². The van der Waals surface area contributed by atoms with Gasteiger partial charge in [-0.2, -0.15) is 0 Å². The molecular weight excluding hydrogens is 236 g/mol. The molecule has 0 aromatic carbocycles. The largest absolute Gasteiger partial charge is 0.476 e. The highest BCUT2D eigenvalue weighted by atomic mass is 16.4. The Balaban J connectivity index is 2.00. The summed E-state index contributed by atoms with van der Waals surface area (Å²) >= 11 is 0. The zero-order valence-corrected chi connectivity index (χ0v) is 9.74. The molecule has 94 valence electrons. The van der Waals surface area contributed by atoms with E-state index in [-0.39, 0.29) is 5.69 Å². The van der Waals surface area contributed by atoms with Gasteiger partial charge in [0.25, 0.3) is 0 Å². The molecular formula is C10H12N6O2. The third-order valence-electron chi connectivity index (χ3n) is 2.33. The number of aryl methyl sites for hydroxylation is 1. The minimum Gasteiger partial charge on any atom is -0.476 e. The molecule has 2 rings (SSSR count). The van der Waals surface area contributed by atoms with Crippen LogP contribution in [0.2, 0.25) is 0 Å². The Hall–Kier alpha value is -2.51. The van der Waals surface area contributed by atoms with Crippen molar-refractivity contribution in [2.75, 3.05) is 5.32 Å². The van der Waals surface area contributed by atoms with Crippen LogP contribution in [0.3, 0.4) is 0 Å². The number of carbonyl (C=O) groups is 1. The van der Waals surface area contributed by atoms with E-state index >= 15 is 0 Å². The molecule has 8 nitrogen and oxygen atoms in total. The number of carboxylic acids is 1. The van der Waals surface area contributed by atoms with E-state index in [9.17, 15) is 4.79 Å². The second kappa shape index (κ2) is 5.21. The van der Waals surface area contributed by atoms with Crippen LogP contribution in [-0.2, 0) is 13.1 Å². The highest BCUT2D eigenvalue weighted by Gasteiger charge is 2.06. The van der Waals surface area contributed by atoms with Crippen LogP contribution >= 0.6 is 0 Å². The smallest absolute Gasteiger partial charge is 0.356 e. The third kappa shape index (κ3) is 2.59. The van der Waals surface area contributed by atoms with Crippen LogP contribution in [0.5, 0.6) is 0 Å². The van der Waals surface area contributed by atoms with Crippen molar-refractivity contribution in [1.82, 2.24) is 24.7 Å². The zero-order valence-electron chi connectivity index (χ0n) is 9.74. The molecule has 0 radical (unpaired) electrons. The van der Waals surface area contributed by atoms with Crippen molar-refractivity contribution in [2.24, 2.45) is 0 Å². The van der Waals surface area contributed by atoms with E-state index in [2.05, 4.69) is 25.5 Å². The summed E-state index contributed by atoms with van der Waals surface area (Å²) in [6.07, 6.45) is 4.22. The first-order valence-corrected chi connectivity index (χ1v) is 5.36. The molecule has 0 fully saturated rings. The van der Waals surface area contributed by atoms with Crippen molar-refractivity contribution < 1.29 is 9.90 Å². The predicted octanol–water partition coefficient (Wildman–Crippen LogP) is 0.398. The average molecular weight is 248 g/mol. The zero-order chi connectivity index (χ0) is 13.0. The van der Waals surface area contributed by atoms with Crippen LogP contribution in [0.4, 0.5) is 5.82 Å². The van der Waals surface area contributed by atoms with Crippen molar-refractivity contribution in [3.8, 4) is 0 Å². The Morgan fingerprint density at radius 1 is 1.44 bits per heavy atom. The fourth-order valence-electron chi connectivity index (χ4n) is 1.38. The van der Waals surface area contributed by atoms with Crippen molar-refractivity contribution in [3.05, 3.63) is 30.2 Å². The highest BCUT2D eigenvalue weighted by molar-refractivity contribution is 5.84. The Kier molecular flexibility index (Phi) is 3.46. The minimum atomic E-state index is -1.10. The monoisotopic (exact) mass is 248 g/mol. The van der Waals surface area contributed by atoms with Gasteiger partial charge in [-0.25, -0.2) is 14.8 Å². The van der Waals surface area contributed by atoms with E-state index in [4.69, 9.17) is 5.11 Å². The van der Waals surface area contributed by atoms with Gasteiger partial charge in [-0.15, -0.1) is 10.2 Å². The number of aromatic carboxylic acids is 1. The van der Waals surface area contributed by atoms with Gasteiger partial charge < -0.3 is 15.0 Å². The van der Waals surface area contributed by atoms with Crippen LogP contribution < -0.4 is 5.32 Å². The molecule has 8 heteroatoms. The second-order valence-electron chi connectivity index (χ2n) is 3.48. The quantitative estimate of drug-likeness (QED) is 0.788. The minimum absolute atomic E-state index is 0.0859. The fourth-order valence-corrected chi connectivity index (χ4v) is 1.38. The lowest BCUT2D eigenvalue weighted by atomic mass is 10.4. The number of nitrogens with one attached hydrogen (secondary N) is 1. The summed E-state index contributed by atoms with van der Waals surface area (Å²) in [6, 6.07) is 0. The summed E-state index contributed by atoms with van der Waals surface area (Å²) < 4.78 is 1.89. The van der Waals surface area contributed by atoms with Crippen LogP contribution in [0, 0.1) is 0 Å². The maximum absolute atomic E-state index is 10.6. The Morgan fingerprint density at radius 3 is 2.89 bits per heavy atom. The summed E-state index contributed by atoms with van der Waals surface area (Å²) in [4.78, 5) is 18.3. The molecule has 0 saturated heterocycles. The van der Waals surface area contributed by atoms with Gasteiger partial charge in [-0.1, -0.05) is 0 Å². The second-order valence-corrected chi connectivity index (χ2v) is 3.48. The first kappa shape index (κ1) is 12.0. The van der Waals surface area contributed by atoms with E-state index in [0.29, 0.717) is 12.4 Å². The maximum Gasteiger partial charge on any atom is 0.356 e. The number of carboxylic acid groups (broad SMARTS) is 1.